The van der Waals surface area contributed by atoms with Crippen LogP contribution in [0.15, 0.2) is 53.5 Å². The SMILES string of the molecule is COCc1ccccc1NC(N)=NCC(C)N1CCc2ccccc2C1. The van der Waals surface area contributed by atoms with Gasteiger partial charge in [-0.1, -0.05) is 42.5 Å². The van der Waals surface area contributed by atoms with Gasteiger partial charge < -0.3 is 15.8 Å². The van der Waals surface area contributed by atoms with E-state index in [-0.39, 0.29) is 0 Å². The van der Waals surface area contributed by atoms with Crippen molar-refractivity contribution < 1.29 is 4.74 Å². The lowest BCUT2D eigenvalue weighted by Gasteiger charge is -2.33. The summed E-state index contributed by atoms with van der Waals surface area (Å²) in [6, 6.07) is 17.0. The van der Waals surface area contributed by atoms with Gasteiger partial charge in [0.05, 0.1) is 13.2 Å². The van der Waals surface area contributed by atoms with E-state index in [0.717, 1.165) is 30.8 Å². The van der Waals surface area contributed by atoms with Gasteiger partial charge in [-0.15, -0.1) is 0 Å². The molecule has 0 aliphatic carbocycles. The first-order chi connectivity index (χ1) is 12.7. The van der Waals surface area contributed by atoms with Gasteiger partial charge in [-0.2, -0.15) is 0 Å². The van der Waals surface area contributed by atoms with E-state index in [9.17, 15) is 0 Å². The molecule has 0 spiro atoms. The number of nitrogens with zero attached hydrogens (tertiary/aromatic N) is 2. The average Bonchev–Trinajstić information content (AvgIpc) is 2.67. The van der Waals surface area contributed by atoms with Crippen LogP contribution in [0.25, 0.3) is 0 Å². The van der Waals surface area contributed by atoms with Gasteiger partial charge in [0, 0.05) is 37.5 Å². The van der Waals surface area contributed by atoms with Gasteiger partial charge in [0.1, 0.15) is 0 Å². The summed E-state index contributed by atoms with van der Waals surface area (Å²) in [5, 5.41) is 3.20. The molecule has 5 heteroatoms. The van der Waals surface area contributed by atoms with Crippen molar-refractivity contribution in [2.24, 2.45) is 10.7 Å². The van der Waals surface area contributed by atoms with Crippen LogP contribution in [-0.2, 0) is 24.3 Å². The lowest BCUT2D eigenvalue weighted by atomic mass is 9.99. The molecule has 1 unspecified atom stereocenters. The van der Waals surface area contributed by atoms with Gasteiger partial charge in [0.2, 0.25) is 0 Å². The van der Waals surface area contributed by atoms with Crippen molar-refractivity contribution in [2.75, 3.05) is 25.5 Å². The number of methoxy groups -OCH3 is 1. The van der Waals surface area contributed by atoms with E-state index in [2.05, 4.69) is 46.4 Å². The highest BCUT2D eigenvalue weighted by molar-refractivity contribution is 5.92. The van der Waals surface area contributed by atoms with Gasteiger partial charge in [0.15, 0.2) is 5.96 Å². The van der Waals surface area contributed by atoms with Crippen molar-refractivity contribution in [3.8, 4) is 0 Å². The van der Waals surface area contributed by atoms with Crippen LogP contribution >= 0.6 is 0 Å². The van der Waals surface area contributed by atoms with Gasteiger partial charge in [-0.25, -0.2) is 0 Å². The molecule has 0 saturated heterocycles. The van der Waals surface area contributed by atoms with Crippen LogP contribution in [0.1, 0.15) is 23.6 Å². The Kier molecular flexibility index (Phi) is 6.26. The van der Waals surface area contributed by atoms with Crippen LogP contribution in [0.2, 0.25) is 0 Å². The van der Waals surface area contributed by atoms with E-state index in [1.807, 2.05) is 24.3 Å². The molecule has 1 aliphatic rings. The third-order valence-electron chi connectivity index (χ3n) is 4.89. The zero-order valence-corrected chi connectivity index (χ0v) is 15.6. The Morgan fingerprint density at radius 1 is 1.19 bits per heavy atom. The number of anilines is 1. The zero-order chi connectivity index (χ0) is 18.4. The minimum Gasteiger partial charge on any atom is -0.380 e. The molecule has 2 aromatic rings. The summed E-state index contributed by atoms with van der Waals surface area (Å²) in [6.45, 7) is 5.48. The summed E-state index contributed by atoms with van der Waals surface area (Å²) < 4.78 is 5.23. The standard InChI is InChI=1S/C21H28N4O/c1-16(25-12-11-17-7-3-4-8-18(17)14-25)13-23-21(22)24-20-10-6-5-9-19(20)15-26-2/h3-10,16H,11-15H2,1-2H3,(H3,22,23,24). The fraction of sp³-hybridized carbons (Fsp3) is 0.381. The van der Waals surface area contributed by atoms with Crippen LogP contribution in [0.4, 0.5) is 5.69 Å². The topological polar surface area (TPSA) is 62.9 Å². The molecule has 26 heavy (non-hydrogen) atoms. The molecule has 0 amide bonds. The van der Waals surface area contributed by atoms with E-state index < -0.39 is 0 Å². The largest absolute Gasteiger partial charge is 0.380 e. The first-order valence-corrected chi connectivity index (χ1v) is 9.12. The minimum absolute atomic E-state index is 0.345. The molecule has 0 aromatic heterocycles. The molecule has 0 radical (unpaired) electrons. The molecule has 0 saturated carbocycles. The maximum absolute atomic E-state index is 6.10. The minimum atomic E-state index is 0.345. The Balaban J connectivity index is 1.57. The molecule has 3 N–H and O–H groups in total. The summed E-state index contributed by atoms with van der Waals surface area (Å²) in [6.07, 6.45) is 1.10. The molecule has 138 valence electrons. The monoisotopic (exact) mass is 352 g/mol. The summed E-state index contributed by atoms with van der Waals surface area (Å²) in [4.78, 5) is 7.02. The highest BCUT2D eigenvalue weighted by atomic mass is 16.5. The fourth-order valence-corrected chi connectivity index (χ4v) is 3.34. The molecule has 1 heterocycles. The van der Waals surface area contributed by atoms with E-state index in [0.29, 0.717) is 25.2 Å². The zero-order valence-electron chi connectivity index (χ0n) is 15.6. The first kappa shape index (κ1) is 18.4. The van der Waals surface area contributed by atoms with Crippen LogP contribution in [0, 0.1) is 0 Å². The lowest BCUT2D eigenvalue weighted by Crippen LogP contribution is -2.39. The second-order valence-corrected chi connectivity index (χ2v) is 6.78. The fourth-order valence-electron chi connectivity index (χ4n) is 3.34. The Bertz CT molecular complexity index is 759. The van der Waals surface area contributed by atoms with Crippen LogP contribution in [0.5, 0.6) is 0 Å². The number of nitrogens with one attached hydrogen (secondary N) is 1. The Labute approximate surface area is 155 Å². The third kappa shape index (κ3) is 4.62. The van der Waals surface area contributed by atoms with Gasteiger partial charge in [0.25, 0.3) is 0 Å². The number of aliphatic imine (C=N–C) groups is 1. The molecule has 5 nitrogen and oxygen atoms in total. The highest BCUT2D eigenvalue weighted by Crippen LogP contribution is 2.20. The van der Waals surface area contributed by atoms with E-state index >= 15 is 0 Å². The Hall–Kier alpha value is -2.37. The molecular weight excluding hydrogens is 324 g/mol. The average molecular weight is 352 g/mol. The summed E-state index contributed by atoms with van der Waals surface area (Å²) >= 11 is 0. The number of guanidine groups is 1. The van der Waals surface area contributed by atoms with Crippen molar-refractivity contribution in [1.82, 2.24) is 4.90 Å². The summed E-state index contributed by atoms with van der Waals surface area (Å²) in [5.74, 6) is 0.442. The van der Waals surface area contributed by atoms with Crippen molar-refractivity contribution in [3.63, 3.8) is 0 Å². The Morgan fingerprint density at radius 2 is 1.92 bits per heavy atom. The molecule has 1 atom stereocenters. The predicted molar refractivity (Wildman–Crippen MR) is 107 cm³/mol. The number of para-hydroxylation sites is 1. The number of fused-ring (bicyclic) bond motifs is 1. The van der Waals surface area contributed by atoms with Crippen molar-refractivity contribution in [2.45, 2.75) is 32.5 Å². The second-order valence-electron chi connectivity index (χ2n) is 6.78. The number of ether oxygens (including phenoxy) is 1. The number of benzene rings is 2. The third-order valence-corrected chi connectivity index (χ3v) is 4.89. The van der Waals surface area contributed by atoms with Gasteiger partial charge in [-0.3, -0.25) is 9.89 Å². The van der Waals surface area contributed by atoms with Crippen LogP contribution in [0.3, 0.4) is 0 Å². The van der Waals surface area contributed by atoms with Crippen molar-refractivity contribution in [3.05, 3.63) is 65.2 Å². The van der Waals surface area contributed by atoms with E-state index in [1.54, 1.807) is 7.11 Å². The quantitative estimate of drug-likeness (QED) is 0.620. The number of rotatable bonds is 6. The molecule has 1 aliphatic heterocycles. The highest BCUT2D eigenvalue weighted by Gasteiger charge is 2.20. The molecule has 0 bridgehead atoms. The second kappa shape index (κ2) is 8.83. The van der Waals surface area contributed by atoms with Crippen LogP contribution < -0.4 is 11.1 Å². The first-order valence-electron chi connectivity index (χ1n) is 9.12. The van der Waals surface area contributed by atoms with Crippen molar-refractivity contribution in [1.29, 1.82) is 0 Å². The maximum Gasteiger partial charge on any atom is 0.193 e. The summed E-state index contributed by atoms with van der Waals surface area (Å²) in [7, 11) is 1.69. The van der Waals surface area contributed by atoms with Crippen molar-refractivity contribution >= 4 is 11.6 Å². The number of hydrogen-bond acceptors (Lipinski definition) is 3. The predicted octanol–water partition coefficient (Wildman–Crippen LogP) is 3.01. The number of hydrogen-bond donors (Lipinski definition) is 2. The Morgan fingerprint density at radius 3 is 2.73 bits per heavy atom. The normalized spacial score (nSPS) is 16.2. The smallest absolute Gasteiger partial charge is 0.193 e. The maximum atomic E-state index is 6.10. The lowest BCUT2D eigenvalue weighted by molar-refractivity contribution is 0.185. The van der Waals surface area contributed by atoms with E-state index in [1.165, 1.54) is 11.1 Å². The molecule has 2 aromatic carbocycles. The van der Waals surface area contributed by atoms with Gasteiger partial charge in [-0.05, 0) is 30.5 Å². The molecule has 0 fully saturated rings. The van der Waals surface area contributed by atoms with Gasteiger partial charge >= 0.3 is 0 Å². The molecular formula is C21H28N4O. The summed E-state index contributed by atoms with van der Waals surface area (Å²) in [5.41, 5.74) is 11.0. The molecule has 3 rings (SSSR count). The van der Waals surface area contributed by atoms with E-state index in [4.69, 9.17) is 10.5 Å². The number of nitrogens with two attached hydrogens (primary N) is 1. The van der Waals surface area contributed by atoms with Crippen LogP contribution in [-0.4, -0.2) is 37.1 Å².